The molecular weight excluding hydrogens is 308 g/mol. The minimum absolute atomic E-state index is 0.237. The van der Waals surface area contributed by atoms with Crippen molar-refractivity contribution in [3.63, 3.8) is 0 Å². The summed E-state index contributed by atoms with van der Waals surface area (Å²) in [5, 5.41) is 1.30. The number of para-hydroxylation sites is 1. The van der Waals surface area contributed by atoms with Gasteiger partial charge in [-0.1, -0.05) is 62.4 Å². The number of H-pyrrole nitrogens is 1. The average Bonchev–Trinajstić information content (AvgIpc) is 2.99. The normalized spacial score (nSPS) is 14.6. The first-order chi connectivity index (χ1) is 12.0. The van der Waals surface area contributed by atoms with Crippen LogP contribution in [0.4, 0.5) is 0 Å². The number of aromatic nitrogens is 1. The number of fused-ring (bicyclic) bond motifs is 3. The maximum atomic E-state index is 13.2. The summed E-state index contributed by atoms with van der Waals surface area (Å²) in [6, 6.07) is 18.7. The first-order valence-electron chi connectivity index (χ1n) is 8.96. The zero-order chi connectivity index (χ0) is 17.4. The smallest absolute Gasteiger partial charge is 0.228 e. The summed E-state index contributed by atoms with van der Waals surface area (Å²) in [5.74, 6) is 0.237. The molecule has 0 unspecified atom stereocenters. The molecule has 2 aromatic carbocycles. The molecule has 0 aliphatic carbocycles. The summed E-state index contributed by atoms with van der Waals surface area (Å²) in [7, 11) is 0. The van der Waals surface area contributed by atoms with E-state index < -0.39 is 5.41 Å². The van der Waals surface area contributed by atoms with Crippen molar-refractivity contribution >= 4 is 16.8 Å². The van der Waals surface area contributed by atoms with Crippen molar-refractivity contribution in [3.05, 3.63) is 71.4 Å². The highest BCUT2D eigenvalue weighted by Gasteiger charge is 2.34. The minimum atomic E-state index is -0.398. The summed E-state index contributed by atoms with van der Waals surface area (Å²) >= 11 is 0. The second-order valence-electron chi connectivity index (χ2n) is 7.65. The summed E-state index contributed by atoms with van der Waals surface area (Å²) in [5.41, 5.74) is 4.55. The Balaban J connectivity index is 1.55. The highest BCUT2D eigenvalue weighted by molar-refractivity contribution is 5.86. The molecule has 4 rings (SSSR count). The lowest BCUT2D eigenvalue weighted by molar-refractivity contribution is -0.141. The third-order valence-electron chi connectivity index (χ3n) is 5.24. The monoisotopic (exact) mass is 332 g/mol. The fourth-order valence-electron chi connectivity index (χ4n) is 3.98. The van der Waals surface area contributed by atoms with Crippen LogP contribution in [0.3, 0.4) is 0 Å². The molecule has 0 saturated heterocycles. The van der Waals surface area contributed by atoms with Crippen LogP contribution in [0.1, 0.15) is 30.7 Å². The molecule has 0 radical (unpaired) electrons. The largest absolute Gasteiger partial charge is 0.357 e. The lowest BCUT2D eigenvalue weighted by Gasteiger charge is -2.34. The molecule has 0 atom stereocenters. The van der Waals surface area contributed by atoms with E-state index in [1.165, 1.54) is 27.7 Å². The number of benzene rings is 2. The Kier molecular flexibility index (Phi) is 3.87. The molecule has 2 heterocycles. The number of nitrogens with one attached hydrogen (secondary N) is 1. The van der Waals surface area contributed by atoms with E-state index in [1.807, 2.05) is 23.1 Å². The molecule has 3 aromatic rings. The second kappa shape index (κ2) is 6.07. The first kappa shape index (κ1) is 15.9. The third-order valence-corrected chi connectivity index (χ3v) is 5.24. The lowest BCUT2D eigenvalue weighted by Crippen LogP contribution is -2.44. The van der Waals surface area contributed by atoms with Gasteiger partial charge in [0.1, 0.15) is 0 Å². The number of carbonyl (C=O) groups is 1. The van der Waals surface area contributed by atoms with Crippen molar-refractivity contribution in [1.29, 1.82) is 0 Å². The van der Waals surface area contributed by atoms with Gasteiger partial charge in [0.05, 0.1) is 6.54 Å². The van der Waals surface area contributed by atoms with Gasteiger partial charge in [0.25, 0.3) is 0 Å². The maximum absolute atomic E-state index is 13.2. The molecule has 0 spiro atoms. The predicted molar refractivity (Wildman–Crippen MR) is 101 cm³/mol. The molecule has 128 valence electrons. The van der Waals surface area contributed by atoms with Gasteiger partial charge >= 0.3 is 0 Å². The van der Waals surface area contributed by atoms with Gasteiger partial charge in [0.15, 0.2) is 0 Å². The number of hydrogen-bond donors (Lipinski definition) is 1. The molecule has 3 heteroatoms. The van der Waals surface area contributed by atoms with Crippen LogP contribution in [-0.4, -0.2) is 22.3 Å². The van der Waals surface area contributed by atoms with Crippen molar-refractivity contribution < 1.29 is 4.79 Å². The highest BCUT2D eigenvalue weighted by atomic mass is 16.2. The molecule has 3 nitrogen and oxygen atoms in total. The fraction of sp³-hybridized carbons (Fsp3) is 0.318. The van der Waals surface area contributed by atoms with E-state index in [-0.39, 0.29) is 5.91 Å². The van der Waals surface area contributed by atoms with E-state index >= 15 is 0 Å². The van der Waals surface area contributed by atoms with E-state index in [9.17, 15) is 4.79 Å². The molecule has 0 fully saturated rings. The summed E-state index contributed by atoms with van der Waals surface area (Å²) < 4.78 is 0. The summed E-state index contributed by atoms with van der Waals surface area (Å²) in [6.07, 6.45) is 1.69. The van der Waals surface area contributed by atoms with E-state index in [1.54, 1.807) is 0 Å². The summed E-state index contributed by atoms with van der Waals surface area (Å²) in [4.78, 5) is 18.7. The number of hydrogen-bond acceptors (Lipinski definition) is 1. The van der Waals surface area contributed by atoms with Gasteiger partial charge in [-0.05, 0) is 30.0 Å². The van der Waals surface area contributed by atoms with Crippen molar-refractivity contribution in [2.45, 2.75) is 33.2 Å². The summed E-state index contributed by atoms with van der Waals surface area (Å²) in [6.45, 7) is 5.60. The van der Waals surface area contributed by atoms with Crippen molar-refractivity contribution in [1.82, 2.24) is 9.88 Å². The number of amides is 1. The van der Waals surface area contributed by atoms with Gasteiger partial charge < -0.3 is 9.88 Å². The number of nitrogens with zero attached hydrogens (tertiary/aromatic N) is 1. The molecule has 1 aromatic heterocycles. The minimum Gasteiger partial charge on any atom is -0.357 e. The fourth-order valence-corrected chi connectivity index (χ4v) is 3.98. The third kappa shape index (κ3) is 2.95. The molecular formula is C22H24N2O. The van der Waals surface area contributed by atoms with Crippen LogP contribution >= 0.6 is 0 Å². The second-order valence-corrected chi connectivity index (χ2v) is 7.65. The molecule has 0 bridgehead atoms. The highest BCUT2D eigenvalue weighted by Crippen LogP contribution is 2.31. The maximum Gasteiger partial charge on any atom is 0.228 e. The molecule has 1 aliphatic rings. The number of aromatic amines is 1. The van der Waals surface area contributed by atoms with Crippen LogP contribution in [0.15, 0.2) is 54.6 Å². The zero-order valence-corrected chi connectivity index (χ0v) is 14.9. The van der Waals surface area contributed by atoms with Crippen LogP contribution < -0.4 is 0 Å². The topological polar surface area (TPSA) is 36.1 Å². The van der Waals surface area contributed by atoms with Crippen LogP contribution in [0.5, 0.6) is 0 Å². The Labute approximate surface area is 148 Å². The molecule has 1 amide bonds. The SMILES string of the molecule is CC(C)(Cc1ccccc1)C(=O)N1CCc2c([nH]c3ccccc23)C1. The van der Waals surface area contributed by atoms with Gasteiger partial charge in [-0.3, -0.25) is 4.79 Å². The van der Waals surface area contributed by atoms with Crippen LogP contribution in [0.25, 0.3) is 10.9 Å². The van der Waals surface area contributed by atoms with Crippen molar-refractivity contribution in [3.8, 4) is 0 Å². The van der Waals surface area contributed by atoms with Crippen molar-refractivity contribution in [2.75, 3.05) is 6.54 Å². The predicted octanol–water partition coefficient (Wildman–Crippen LogP) is 4.32. The Bertz CT molecular complexity index is 908. The first-order valence-corrected chi connectivity index (χ1v) is 8.96. The Morgan fingerprint density at radius 2 is 1.80 bits per heavy atom. The number of rotatable bonds is 3. The van der Waals surface area contributed by atoms with E-state index in [4.69, 9.17) is 0 Å². The zero-order valence-electron chi connectivity index (χ0n) is 14.9. The Hall–Kier alpha value is -2.55. The quantitative estimate of drug-likeness (QED) is 0.762. The van der Waals surface area contributed by atoms with E-state index in [2.05, 4.69) is 55.2 Å². The molecule has 25 heavy (non-hydrogen) atoms. The van der Waals surface area contributed by atoms with Gasteiger partial charge in [-0.15, -0.1) is 0 Å². The molecule has 0 saturated carbocycles. The van der Waals surface area contributed by atoms with Gasteiger partial charge in [-0.2, -0.15) is 0 Å². The molecule has 1 aliphatic heterocycles. The van der Waals surface area contributed by atoms with Crippen molar-refractivity contribution in [2.24, 2.45) is 5.41 Å². The van der Waals surface area contributed by atoms with Crippen LogP contribution in [-0.2, 0) is 24.2 Å². The Morgan fingerprint density at radius 1 is 1.08 bits per heavy atom. The van der Waals surface area contributed by atoms with Crippen LogP contribution in [0, 0.1) is 5.41 Å². The van der Waals surface area contributed by atoms with Crippen LogP contribution in [0.2, 0.25) is 0 Å². The van der Waals surface area contributed by atoms with Gasteiger partial charge in [0, 0.05) is 28.6 Å². The average molecular weight is 332 g/mol. The lowest BCUT2D eigenvalue weighted by atomic mass is 9.83. The van der Waals surface area contributed by atoms with Gasteiger partial charge in [0.2, 0.25) is 5.91 Å². The Morgan fingerprint density at radius 3 is 2.60 bits per heavy atom. The van der Waals surface area contributed by atoms with E-state index in [0.29, 0.717) is 6.54 Å². The molecule has 1 N–H and O–H groups in total. The number of carbonyl (C=O) groups excluding carboxylic acids is 1. The van der Waals surface area contributed by atoms with E-state index in [0.717, 1.165) is 19.4 Å². The van der Waals surface area contributed by atoms with Gasteiger partial charge in [-0.25, -0.2) is 0 Å². The standard InChI is InChI=1S/C22H24N2O/c1-22(2,14-16-8-4-3-5-9-16)21(25)24-13-12-18-17-10-6-7-11-19(17)23-20(18)15-24/h3-11,23H,12-15H2,1-2H3.